The van der Waals surface area contributed by atoms with Gasteiger partial charge in [0.2, 0.25) is 0 Å². The zero-order valence-corrected chi connectivity index (χ0v) is 11.1. The number of nitrogens with two attached hydrogens (primary N) is 1. The SMILES string of the molecule is COCC1(CN)C[C@@H]2[C@H](C1)[C@@H]1CS(=O)(=O)C[C@@H]21. The highest BCUT2D eigenvalue weighted by molar-refractivity contribution is 7.91. The van der Waals surface area contributed by atoms with E-state index in [1.165, 1.54) is 0 Å². The Kier molecular flexibility index (Phi) is 2.58. The lowest BCUT2D eigenvalue weighted by Gasteiger charge is -2.44. The minimum absolute atomic E-state index is 0.123. The number of hydrogen-bond donors (Lipinski definition) is 1. The smallest absolute Gasteiger partial charge is 0.150 e. The molecule has 98 valence electrons. The lowest BCUT2D eigenvalue weighted by molar-refractivity contribution is 0.0462. The van der Waals surface area contributed by atoms with E-state index < -0.39 is 9.84 Å². The Morgan fingerprint density at radius 2 is 1.71 bits per heavy atom. The van der Waals surface area contributed by atoms with E-state index in [0.717, 1.165) is 19.4 Å². The van der Waals surface area contributed by atoms with Crippen molar-refractivity contribution in [2.24, 2.45) is 34.8 Å². The molecule has 0 aromatic rings. The summed E-state index contributed by atoms with van der Waals surface area (Å²) >= 11 is 0. The molecule has 0 radical (unpaired) electrons. The molecule has 3 aliphatic rings. The molecule has 4 nitrogen and oxygen atoms in total. The molecule has 17 heavy (non-hydrogen) atoms. The summed E-state index contributed by atoms with van der Waals surface area (Å²) in [4.78, 5) is 0. The largest absolute Gasteiger partial charge is 0.384 e. The van der Waals surface area contributed by atoms with Crippen LogP contribution in [0.4, 0.5) is 0 Å². The van der Waals surface area contributed by atoms with Crippen LogP contribution in [0.5, 0.6) is 0 Å². The molecule has 5 atom stereocenters. The van der Waals surface area contributed by atoms with Gasteiger partial charge < -0.3 is 10.5 Å². The van der Waals surface area contributed by atoms with Gasteiger partial charge in [0.05, 0.1) is 18.1 Å². The Morgan fingerprint density at radius 1 is 1.18 bits per heavy atom. The molecule has 1 heterocycles. The fourth-order valence-electron chi connectivity index (χ4n) is 4.61. The van der Waals surface area contributed by atoms with Crippen LogP contribution in [0.25, 0.3) is 0 Å². The second-order valence-electron chi connectivity index (χ2n) is 6.28. The van der Waals surface area contributed by atoms with E-state index >= 15 is 0 Å². The van der Waals surface area contributed by atoms with Crippen LogP contribution in [0.2, 0.25) is 0 Å². The maximum absolute atomic E-state index is 11.6. The first kappa shape index (κ1) is 11.9. The van der Waals surface area contributed by atoms with Crippen LogP contribution >= 0.6 is 0 Å². The predicted octanol–water partition coefficient (Wildman–Crippen LogP) is 0.279. The molecule has 2 aliphatic carbocycles. The van der Waals surface area contributed by atoms with Gasteiger partial charge in [-0.25, -0.2) is 8.42 Å². The van der Waals surface area contributed by atoms with Gasteiger partial charge in [-0.15, -0.1) is 0 Å². The minimum Gasteiger partial charge on any atom is -0.384 e. The van der Waals surface area contributed by atoms with Gasteiger partial charge in [0.15, 0.2) is 9.84 Å². The molecule has 0 bridgehead atoms. The van der Waals surface area contributed by atoms with Gasteiger partial charge in [-0.2, -0.15) is 0 Å². The highest BCUT2D eigenvalue weighted by Crippen LogP contribution is 2.63. The molecule has 0 spiro atoms. The molecule has 1 saturated heterocycles. The van der Waals surface area contributed by atoms with E-state index in [-0.39, 0.29) is 5.41 Å². The summed E-state index contributed by atoms with van der Waals surface area (Å²) < 4.78 is 28.6. The number of fused-ring (bicyclic) bond motifs is 4. The summed E-state index contributed by atoms with van der Waals surface area (Å²) in [5.41, 5.74) is 6.04. The zero-order valence-electron chi connectivity index (χ0n) is 10.3. The predicted molar refractivity (Wildman–Crippen MR) is 65.2 cm³/mol. The molecule has 3 fully saturated rings. The first-order chi connectivity index (χ1) is 8.00. The topological polar surface area (TPSA) is 69.4 Å². The van der Waals surface area contributed by atoms with Crippen molar-refractivity contribution in [3.05, 3.63) is 0 Å². The van der Waals surface area contributed by atoms with Gasteiger partial charge in [0.25, 0.3) is 0 Å². The molecular weight excluding hydrogens is 238 g/mol. The molecule has 2 saturated carbocycles. The molecule has 0 aromatic carbocycles. The lowest BCUT2D eigenvalue weighted by Crippen LogP contribution is -2.42. The van der Waals surface area contributed by atoms with Crippen molar-refractivity contribution in [1.82, 2.24) is 0 Å². The Hall–Kier alpha value is -0.130. The maximum atomic E-state index is 11.6. The molecule has 0 amide bonds. The fraction of sp³-hybridized carbons (Fsp3) is 1.00. The van der Waals surface area contributed by atoms with Crippen molar-refractivity contribution >= 4 is 9.84 Å². The maximum Gasteiger partial charge on any atom is 0.150 e. The zero-order chi connectivity index (χ0) is 12.3. The molecule has 1 unspecified atom stereocenters. The average Bonchev–Trinajstić information content (AvgIpc) is 2.74. The van der Waals surface area contributed by atoms with Crippen LogP contribution in [0, 0.1) is 29.1 Å². The van der Waals surface area contributed by atoms with Crippen LogP contribution in [0.1, 0.15) is 12.8 Å². The number of sulfone groups is 1. The van der Waals surface area contributed by atoms with E-state index in [9.17, 15) is 8.42 Å². The minimum atomic E-state index is -2.74. The summed E-state index contributed by atoms with van der Waals surface area (Å²) in [5.74, 6) is 2.89. The van der Waals surface area contributed by atoms with Gasteiger partial charge in [-0.1, -0.05) is 0 Å². The third-order valence-electron chi connectivity index (χ3n) is 5.31. The summed E-state index contributed by atoms with van der Waals surface area (Å²) in [7, 11) is -1.02. The Labute approximate surface area is 103 Å². The fourth-order valence-corrected chi connectivity index (χ4v) is 6.91. The van der Waals surface area contributed by atoms with Gasteiger partial charge in [0, 0.05) is 19.1 Å². The first-order valence-corrected chi connectivity index (χ1v) is 8.22. The lowest BCUT2D eigenvalue weighted by atomic mass is 9.60. The summed E-state index contributed by atoms with van der Waals surface area (Å²) in [6, 6.07) is 0. The number of methoxy groups -OCH3 is 1. The molecule has 3 rings (SSSR count). The second-order valence-corrected chi connectivity index (χ2v) is 8.43. The van der Waals surface area contributed by atoms with E-state index in [1.807, 2.05) is 0 Å². The van der Waals surface area contributed by atoms with Gasteiger partial charge in [-0.05, 0) is 36.5 Å². The van der Waals surface area contributed by atoms with E-state index in [1.54, 1.807) is 7.11 Å². The number of hydrogen-bond acceptors (Lipinski definition) is 4. The Morgan fingerprint density at radius 3 is 2.12 bits per heavy atom. The van der Waals surface area contributed by atoms with Crippen molar-refractivity contribution in [2.75, 3.05) is 31.8 Å². The molecule has 1 aliphatic heterocycles. The quantitative estimate of drug-likeness (QED) is 0.790. The molecule has 0 aromatic heterocycles. The first-order valence-electron chi connectivity index (χ1n) is 6.40. The normalized spacial score (nSPS) is 50.7. The van der Waals surface area contributed by atoms with Crippen molar-refractivity contribution in [2.45, 2.75) is 12.8 Å². The van der Waals surface area contributed by atoms with E-state index in [0.29, 0.717) is 41.7 Å². The molecule has 5 heteroatoms. The average molecular weight is 259 g/mol. The number of ether oxygens (including phenoxy) is 1. The van der Waals surface area contributed by atoms with Crippen LogP contribution in [0.3, 0.4) is 0 Å². The van der Waals surface area contributed by atoms with Gasteiger partial charge in [-0.3, -0.25) is 0 Å². The van der Waals surface area contributed by atoms with Crippen molar-refractivity contribution in [3.63, 3.8) is 0 Å². The third kappa shape index (κ3) is 1.66. The number of rotatable bonds is 3. The van der Waals surface area contributed by atoms with Crippen LogP contribution < -0.4 is 5.73 Å². The molecular formula is C12H21NO3S. The van der Waals surface area contributed by atoms with Crippen molar-refractivity contribution < 1.29 is 13.2 Å². The standard InChI is InChI=1S/C12H21NO3S/c1-16-7-12(6-13)2-8-9(3-12)11-5-17(14,15)4-10(8)11/h8-11H,2-7,13H2,1H3/t8-,9+,10-,11-,12?/m0/s1. The van der Waals surface area contributed by atoms with Crippen LogP contribution in [0.15, 0.2) is 0 Å². The van der Waals surface area contributed by atoms with Gasteiger partial charge >= 0.3 is 0 Å². The highest BCUT2D eigenvalue weighted by atomic mass is 32.2. The summed E-state index contributed by atoms with van der Waals surface area (Å²) in [6.07, 6.45) is 2.14. The summed E-state index contributed by atoms with van der Waals surface area (Å²) in [6.45, 7) is 1.39. The monoisotopic (exact) mass is 259 g/mol. The second kappa shape index (κ2) is 3.68. The molecule has 2 N–H and O–H groups in total. The van der Waals surface area contributed by atoms with E-state index in [4.69, 9.17) is 10.5 Å². The summed E-state index contributed by atoms with van der Waals surface area (Å²) in [5, 5.41) is 0. The van der Waals surface area contributed by atoms with Crippen molar-refractivity contribution in [1.29, 1.82) is 0 Å². The van der Waals surface area contributed by atoms with Crippen LogP contribution in [-0.4, -0.2) is 40.2 Å². The highest BCUT2D eigenvalue weighted by Gasteiger charge is 2.63. The van der Waals surface area contributed by atoms with Gasteiger partial charge in [0.1, 0.15) is 0 Å². The Bertz CT molecular complexity index is 393. The third-order valence-corrected chi connectivity index (χ3v) is 7.10. The van der Waals surface area contributed by atoms with Crippen LogP contribution in [-0.2, 0) is 14.6 Å². The Balaban J connectivity index is 1.76. The van der Waals surface area contributed by atoms with Crippen molar-refractivity contribution in [3.8, 4) is 0 Å². The van der Waals surface area contributed by atoms with E-state index in [2.05, 4.69) is 0 Å².